The third-order valence-corrected chi connectivity index (χ3v) is 13.4. The van der Waals surface area contributed by atoms with Crippen LogP contribution >= 0.6 is 11.6 Å². The molecule has 2 aromatic carbocycles. The minimum Gasteiger partial charge on any atom is -0.490 e. The van der Waals surface area contributed by atoms with Gasteiger partial charge in [-0.1, -0.05) is 35.9 Å². The summed E-state index contributed by atoms with van der Waals surface area (Å²) in [5.41, 5.74) is 0.273. The number of anilines is 1. The van der Waals surface area contributed by atoms with E-state index in [0.29, 0.717) is 62.0 Å². The smallest absolute Gasteiger partial charge is 0.303 e. The minimum atomic E-state index is -4.25. The van der Waals surface area contributed by atoms with Crippen molar-refractivity contribution in [2.45, 2.75) is 74.9 Å². The number of fused-ring (bicyclic) bond motifs is 4. The third kappa shape index (κ3) is 6.65. The first kappa shape index (κ1) is 35.3. The molecule has 3 aliphatic heterocycles. The van der Waals surface area contributed by atoms with Gasteiger partial charge in [-0.15, -0.1) is 0 Å². The molecule has 3 N–H and O–H groups in total. The highest BCUT2D eigenvalue weighted by molar-refractivity contribution is 7.87. The van der Waals surface area contributed by atoms with E-state index in [1.54, 1.807) is 25.2 Å². The van der Waals surface area contributed by atoms with E-state index in [1.165, 1.54) is 20.3 Å². The summed E-state index contributed by atoms with van der Waals surface area (Å²) in [6.45, 7) is 2.44. The molecule has 1 saturated carbocycles. The van der Waals surface area contributed by atoms with Crippen molar-refractivity contribution in [3.8, 4) is 5.75 Å². The molecule has 2 amide bonds. The van der Waals surface area contributed by atoms with Crippen molar-refractivity contribution < 1.29 is 33.0 Å². The highest BCUT2D eigenvalue weighted by Crippen LogP contribution is 2.47. The van der Waals surface area contributed by atoms with Crippen LogP contribution < -0.4 is 14.4 Å². The third-order valence-electron chi connectivity index (χ3n) is 11.7. The maximum absolute atomic E-state index is 14.0. The molecule has 2 aliphatic carbocycles. The Morgan fingerprint density at radius 3 is 2.64 bits per heavy atom. The second kappa shape index (κ2) is 13.8. The lowest BCUT2D eigenvalue weighted by atomic mass is 9.68. The van der Waals surface area contributed by atoms with Crippen LogP contribution in [0.15, 0.2) is 48.6 Å². The lowest BCUT2D eigenvalue weighted by molar-refractivity contribution is -0.148. The molecular formula is C37H47ClN4O7S. The number of benzene rings is 2. The predicted octanol–water partition coefficient (Wildman–Crippen LogP) is 3.65. The molecule has 2 bridgehead atoms. The second-order valence-corrected chi connectivity index (χ2v) is 17.0. The van der Waals surface area contributed by atoms with Gasteiger partial charge >= 0.3 is 10.2 Å². The summed E-state index contributed by atoms with van der Waals surface area (Å²) in [6.07, 6.45) is 8.83. The number of nitrogens with one attached hydrogen (secondary N) is 1. The first-order chi connectivity index (χ1) is 23.9. The number of aliphatic hydroxyl groups excluding tert-OH is 1. The Labute approximate surface area is 299 Å². The largest absolute Gasteiger partial charge is 0.490 e. The lowest BCUT2D eigenvalue weighted by Gasteiger charge is -2.45. The van der Waals surface area contributed by atoms with Crippen LogP contribution in [-0.4, -0.2) is 92.1 Å². The fourth-order valence-electron chi connectivity index (χ4n) is 8.56. The summed E-state index contributed by atoms with van der Waals surface area (Å²) < 4.78 is 36.4. The van der Waals surface area contributed by atoms with Crippen molar-refractivity contribution in [1.29, 1.82) is 0 Å². The molecule has 270 valence electrons. The summed E-state index contributed by atoms with van der Waals surface area (Å²) in [5, 5.41) is 24.2. The number of rotatable bonds is 3. The molecule has 2 aromatic rings. The van der Waals surface area contributed by atoms with Gasteiger partial charge in [-0.2, -0.15) is 12.7 Å². The average Bonchev–Trinajstić information content (AvgIpc) is 3.58. The lowest BCUT2D eigenvalue weighted by Crippen LogP contribution is -2.52. The van der Waals surface area contributed by atoms with Gasteiger partial charge in [-0.3, -0.25) is 9.59 Å². The van der Waals surface area contributed by atoms with Crippen LogP contribution in [-0.2, 0) is 37.2 Å². The molecule has 50 heavy (non-hydrogen) atoms. The SMILES string of the molecule is CN1CC/C=C/[C@H](O)[C@@H]2CC[C@H]2CN2C[C@@]3(CCCc4cc(Cl)ccc43)COc3ccc(cc32)[C@@](O)(C(=O)NS(=O)(=O)N2CCCC2)CC1=O. The van der Waals surface area contributed by atoms with Gasteiger partial charge < -0.3 is 24.7 Å². The maximum atomic E-state index is 14.0. The normalized spacial score (nSPS) is 31.2. The number of carbonyl (C=O) groups is 2. The first-order valence-corrected chi connectivity index (χ1v) is 19.6. The second-order valence-electron chi connectivity index (χ2n) is 14.9. The quantitative estimate of drug-likeness (QED) is 0.408. The Hall–Kier alpha value is -3.16. The number of nitrogens with zero attached hydrogens (tertiary/aromatic N) is 3. The van der Waals surface area contributed by atoms with Crippen molar-refractivity contribution in [3.05, 3.63) is 70.3 Å². The van der Waals surface area contributed by atoms with Gasteiger partial charge in [0.05, 0.1) is 24.8 Å². The summed E-state index contributed by atoms with van der Waals surface area (Å²) in [5.74, 6) is -0.897. The fraction of sp³-hybridized carbons (Fsp3) is 0.568. The zero-order valence-corrected chi connectivity index (χ0v) is 30.1. The highest BCUT2D eigenvalue weighted by atomic mass is 35.5. The Morgan fingerprint density at radius 2 is 1.88 bits per heavy atom. The van der Waals surface area contributed by atoms with Crippen molar-refractivity contribution in [2.24, 2.45) is 11.8 Å². The summed E-state index contributed by atoms with van der Waals surface area (Å²) in [6, 6.07) is 11.0. The van der Waals surface area contributed by atoms with Crippen molar-refractivity contribution in [2.75, 3.05) is 51.3 Å². The molecule has 1 spiro atoms. The fourth-order valence-corrected chi connectivity index (χ4v) is 10.0. The van der Waals surface area contributed by atoms with Crippen LogP contribution in [0, 0.1) is 11.8 Å². The van der Waals surface area contributed by atoms with Crippen molar-refractivity contribution >= 4 is 39.3 Å². The molecule has 5 aliphatic rings. The molecule has 0 unspecified atom stereocenters. The van der Waals surface area contributed by atoms with Gasteiger partial charge in [0.2, 0.25) is 5.91 Å². The van der Waals surface area contributed by atoms with Crippen LogP contribution in [0.1, 0.15) is 68.1 Å². The van der Waals surface area contributed by atoms with Crippen molar-refractivity contribution in [3.63, 3.8) is 0 Å². The number of aliphatic hydroxyl groups is 2. The zero-order chi connectivity index (χ0) is 35.3. The molecule has 5 atom stereocenters. The molecule has 7 rings (SSSR count). The van der Waals surface area contributed by atoms with E-state index in [-0.39, 0.29) is 35.9 Å². The summed E-state index contributed by atoms with van der Waals surface area (Å²) >= 11 is 6.43. The van der Waals surface area contributed by atoms with Gasteiger partial charge in [0.25, 0.3) is 5.91 Å². The van der Waals surface area contributed by atoms with Crippen LogP contribution in [0.4, 0.5) is 5.69 Å². The van der Waals surface area contributed by atoms with Crippen LogP contribution in [0.25, 0.3) is 0 Å². The molecule has 2 fully saturated rings. The summed E-state index contributed by atoms with van der Waals surface area (Å²) in [4.78, 5) is 31.3. The molecule has 1 saturated heterocycles. The number of halogens is 1. The van der Waals surface area contributed by atoms with E-state index in [2.05, 4.69) is 15.7 Å². The number of aryl methyl sites for hydroxylation is 1. The molecule has 11 nitrogen and oxygen atoms in total. The number of hydrogen-bond donors (Lipinski definition) is 3. The maximum Gasteiger partial charge on any atom is 0.303 e. The standard InChI is InChI=1S/C37H47ClN4O7S/c1-40-16-3-2-8-32(43)29-12-9-26(29)22-41-23-36(15-6-7-25-19-28(38)11-13-30(25)36)24-49-33-14-10-27(20-31(33)41)37(46,21-34(40)44)35(45)39-50(47,48)42-17-4-5-18-42/h2,8,10-11,13-14,19-20,26,29,32,43,46H,3-7,9,12,15-18,21-24H2,1H3,(H,39,45)/b8-2+/t26-,29+,32-,36-,37+/m0/s1. The number of hydrogen-bond acceptors (Lipinski definition) is 8. The Morgan fingerprint density at radius 1 is 1.08 bits per heavy atom. The molecular weight excluding hydrogens is 680 g/mol. The first-order valence-electron chi connectivity index (χ1n) is 17.8. The van der Waals surface area contributed by atoms with E-state index >= 15 is 0 Å². The zero-order valence-electron chi connectivity index (χ0n) is 28.5. The van der Waals surface area contributed by atoms with E-state index in [1.807, 2.05) is 24.3 Å². The van der Waals surface area contributed by atoms with Crippen molar-refractivity contribution in [1.82, 2.24) is 13.9 Å². The number of carbonyl (C=O) groups excluding carboxylic acids is 2. The van der Waals surface area contributed by atoms with Gasteiger partial charge in [0, 0.05) is 50.2 Å². The van der Waals surface area contributed by atoms with E-state index < -0.39 is 40.1 Å². The van der Waals surface area contributed by atoms with Gasteiger partial charge in [0.1, 0.15) is 5.75 Å². The Bertz CT molecular complexity index is 1780. The van der Waals surface area contributed by atoms with Gasteiger partial charge in [0.15, 0.2) is 5.60 Å². The number of ether oxygens (including phenoxy) is 1. The predicted molar refractivity (Wildman–Crippen MR) is 190 cm³/mol. The highest BCUT2D eigenvalue weighted by Gasteiger charge is 2.47. The molecule has 0 aromatic heterocycles. The Kier molecular flexibility index (Phi) is 9.70. The van der Waals surface area contributed by atoms with Crippen LogP contribution in [0.3, 0.4) is 0 Å². The molecule has 13 heteroatoms. The van der Waals surface area contributed by atoms with Gasteiger partial charge in [-0.25, -0.2) is 4.72 Å². The molecule has 0 radical (unpaired) electrons. The van der Waals surface area contributed by atoms with Gasteiger partial charge in [-0.05, 0) is 104 Å². The number of amides is 2. The Balaban J connectivity index is 1.32. The average molecular weight is 727 g/mol. The van der Waals surface area contributed by atoms with E-state index in [9.17, 15) is 28.2 Å². The van der Waals surface area contributed by atoms with Crippen LogP contribution in [0.2, 0.25) is 5.02 Å². The van der Waals surface area contributed by atoms with E-state index in [0.717, 1.165) is 32.1 Å². The van der Waals surface area contributed by atoms with E-state index in [4.69, 9.17) is 16.3 Å². The van der Waals surface area contributed by atoms with Crippen LogP contribution in [0.5, 0.6) is 5.75 Å². The topological polar surface area (TPSA) is 140 Å². The molecule has 3 heterocycles. The monoisotopic (exact) mass is 726 g/mol. The minimum absolute atomic E-state index is 0.0567. The summed E-state index contributed by atoms with van der Waals surface area (Å²) in [7, 11) is -2.67.